The number of carbonyl (C=O) groups excluding carboxylic acids is 1. The van der Waals surface area contributed by atoms with Gasteiger partial charge in [0.05, 0.1) is 4.88 Å². The molecule has 0 aliphatic carbocycles. The highest BCUT2D eigenvalue weighted by Crippen LogP contribution is 2.29. The molecule has 0 radical (unpaired) electrons. The Labute approximate surface area is 127 Å². The summed E-state index contributed by atoms with van der Waals surface area (Å²) in [4.78, 5) is 23.3. The Kier molecular flexibility index (Phi) is 5.14. The second-order valence-corrected chi connectivity index (χ2v) is 6.40. The number of hydrogen-bond donors (Lipinski definition) is 2. The topological polar surface area (TPSA) is 75.6 Å². The Morgan fingerprint density at radius 3 is 2.86 bits per heavy atom. The van der Waals surface area contributed by atoms with Gasteiger partial charge in [-0.3, -0.25) is 4.79 Å². The van der Waals surface area contributed by atoms with Gasteiger partial charge in [0, 0.05) is 25.8 Å². The molecule has 1 aromatic heterocycles. The normalized spacial score (nSPS) is 17.8. The van der Waals surface area contributed by atoms with Crippen LogP contribution in [0.4, 0.5) is 0 Å². The number of rotatable bonds is 5. The minimum Gasteiger partial charge on any atom is -0.478 e. The Bertz CT molecular complexity index is 544. The number of carbonyl (C=O) groups is 2. The van der Waals surface area contributed by atoms with Gasteiger partial charge in [-0.1, -0.05) is 6.92 Å². The molecule has 1 aromatic rings. The van der Waals surface area contributed by atoms with Gasteiger partial charge in [0.25, 0.3) is 5.91 Å². The first-order valence-corrected chi connectivity index (χ1v) is 7.73. The maximum Gasteiger partial charge on any atom is 0.328 e. The van der Waals surface area contributed by atoms with E-state index in [1.54, 1.807) is 11.4 Å². The molecule has 2 N–H and O–H groups in total. The summed E-state index contributed by atoms with van der Waals surface area (Å²) in [7, 11) is 0. The van der Waals surface area contributed by atoms with Gasteiger partial charge in [-0.2, -0.15) is 0 Å². The van der Waals surface area contributed by atoms with Crippen LogP contribution in [0.2, 0.25) is 0 Å². The Morgan fingerprint density at radius 2 is 2.19 bits per heavy atom. The van der Waals surface area contributed by atoms with E-state index in [9.17, 15) is 9.59 Å². The molecule has 5 nitrogen and oxygen atoms in total. The second-order valence-electron chi connectivity index (χ2n) is 5.48. The highest BCUT2D eigenvalue weighted by atomic mass is 32.1. The van der Waals surface area contributed by atoms with Gasteiger partial charge in [-0.15, -0.1) is 11.3 Å². The van der Waals surface area contributed by atoms with Gasteiger partial charge in [0.2, 0.25) is 0 Å². The van der Waals surface area contributed by atoms with Crippen molar-refractivity contribution in [2.75, 3.05) is 19.8 Å². The van der Waals surface area contributed by atoms with E-state index in [1.807, 2.05) is 0 Å². The van der Waals surface area contributed by atoms with Crippen LogP contribution in [-0.2, 0) is 9.53 Å². The average molecular weight is 309 g/mol. The quantitative estimate of drug-likeness (QED) is 0.819. The molecule has 2 rings (SSSR count). The Balaban J connectivity index is 1.97. The van der Waals surface area contributed by atoms with E-state index in [-0.39, 0.29) is 11.3 Å². The van der Waals surface area contributed by atoms with Crippen LogP contribution in [0.15, 0.2) is 17.5 Å². The molecule has 1 aliphatic heterocycles. The van der Waals surface area contributed by atoms with Gasteiger partial charge < -0.3 is 15.2 Å². The summed E-state index contributed by atoms with van der Waals surface area (Å²) in [6, 6.07) is 1.75. The zero-order valence-corrected chi connectivity index (χ0v) is 12.7. The molecule has 1 saturated heterocycles. The lowest BCUT2D eigenvalue weighted by Gasteiger charge is -2.33. The molecule has 0 saturated carbocycles. The molecule has 0 bridgehead atoms. The van der Waals surface area contributed by atoms with Crippen LogP contribution in [0, 0.1) is 5.41 Å². The van der Waals surface area contributed by atoms with Crippen LogP contribution in [0.1, 0.15) is 35.0 Å². The molecule has 0 atom stereocenters. The molecule has 6 heteroatoms. The Hall–Kier alpha value is -1.66. The van der Waals surface area contributed by atoms with Crippen molar-refractivity contribution in [3.63, 3.8) is 0 Å². The molecule has 1 fully saturated rings. The Morgan fingerprint density at radius 1 is 1.48 bits per heavy atom. The van der Waals surface area contributed by atoms with E-state index in [4.69, 9.17) is 9.84 Å². The van der Waals surface area contributed by atoms with Gasteiger partial charge in [-0.05, 0) is 41.3 Å². The van der Waals surface area contributed by atoms with Crippen molar-refractivity contribution in [3.8, 4) is 0 Å². The molecule has 0 unspecified atom stereocenters. The molecule has 21 heavy (non-hydrogen) atoms. The summed E-state index contributed by atoms with van der Waals surface area (Å²) >= 11 is 1.31. The summed E-state index contributed by atoms with van der Waals surface area (Å²) in [5.74, 6) is -1.18. The predicted octanol–water partition coefficient (Wildman–Crippen LogP) is 2.39. The van der Waals surface area contributed by atoms with Gasteiger partial charge in [0.15, 0.2) is 0 Å². The number of nitrogens with one attached hydrogen (secondary N) is 1. The number of thiophene rings is 1. The van der Waals surface area contributed by atoms with Crippen molar-refractivity contribution in [1.29, 1.82) is 0 Å². The smallest absolute Gasteiger partial charge is 0.328 e. The lowest BCUT2D eigenvalue weighted by Crippen LogP contribution is -2.39. The molecular formula is C15H19NO4S. The van der Waals surface area contributed by atoms with Crippen molar-refractivity contribution in [2.24, 2.45) is 5.41 Å². The van der Waals surface area contributed by atoms with E-state index in [1.165, 1.54) is 17.4 Å². The molecule has 2 heterocycles. The number of ether oxygens (including phenoxy) is 1. The number of aliphatic carboxylic acids is 1. The fraction of sp³-hybridized carbons (Fsp3) is 0.467. The van der Waals surface area contributed by atoms with Crippen LogP contribution < -0.4 is 5.32 Å². The van der Waals surface area contributed by atoms with E-state index >= 15 is 0 Å². The maximum atomic E-state index is 12.2. The summed E-state index contributed by atoms with van der Waals surface area (Å²) in [5.41, 5.74) is 0.708. The minimum atomic E-state index is -1.03. The number of amides is 1. The number of carboxylic acid groups (broad SMARTS) is 1. The summed E-state index contributed by atoms with van der Waals surface area (Å²) in [5, 5.41) is 13.4. The van der Waals surface area contributed by atoms with Crippen molar-refractivity contribution in [2.45, 2.75) is 19.8 Å². The van der Waals surface area contributed by atoms with E-state index in [0.29, 0.717) is 17.0 Å². The molecule has 0 aromatic carbocycles. The highest BCUT2D eigenvalue weighted by molar-refractivity contribution is 7.12. The van der Waals surface area contributed by atoms with Gasteiger partial charge >= 0.3 is 5.97 Å². The maximum absolute atomic E-state index is 12.2. The SMILES string of the molecule is CC1(CNC(=O)c2sccc2/C=C/C(=O)O)CCOCC1. The predicted molar refractivity (Wildman–Crippen MR) is 81.5 cm³/mol. The fourth-order valence-corrected chi connectivity index (χ4v) is 3.01. The first-order valence-electron chi connectivity index (χ1n) is 6.85. The lowest BCUT2D eigenvalue weighted by atomic mass is 9.82. The van der Waals surface area contributed by atoms with Gasteiger partial charge in [0.1, 0.15) is 0 Å². The third kappa shape index (κ3) is 4.41. The molecule has 1 amide bonds. The summed E-state index contributed by atoms with van der Waals surface area (Å²) in [6.07, 6.45) is 4.36. The fourth-order valence-electron chi connectivity index (χ4n) is 2.21. The van der Waals surface area contributed by atoms with Gasteiger partial charge in [-0.25, -0.2) is 4.79 Å². The number of hydrogen-bond acceptors (Lipinski definition) is 4. The van der Waals surface area contributed by atoms with E-state index in [0.717, 1.165) is 32.1 Å². The summed E-state index contributed by atoms with van der Waals surface area (Å²) < 4.78 is 5.34. The zero-order valence-electron chi connectivity index (χ0n) is 11.9. The van der Waals surface area contributed by atoms with Crippen LogP contribution in [-0.4, -0.2) is 36.7 Å². The monoisotopic (exact) mass is 309 g/mol. The molecule has 0 spiro atoms. The highest BCUT2D eigenvalue weighted by Gasteiger charge is 2.28. The minimum absolute atomic E-state index is 0.0717. The largest absolute Gasteiger partial charge is 0.478 e. The first kappa shape index (κ1) is 15.7. The molecule has 1 aliphatic rings. The second kappa shape index (κ2) is 6.87. The van der Waals surface area contributed by atoms with Crippen LogP contribution >= 0.6 is 11.3 Å². The summed E-state index contributed by atoms with van der Waals surface area (Å²) in [6.45, 7) is 4.22. The van der Waals surface area contributed by atoms with E-state index in [2.05, 4.69) is 12.2 Å². The third-order valence-electron chi connectivity index (χ3n) is 3.68. The third-order valence-corrected chi connectivity index (χ3v) is 4.61. The van der Waals surface area contributed by atoms with Crippen molar-refractivity contribution >= 4 is 29.3 Å². The molecule has 114 valence electrons. The average Bonchev–Trinajstić information content (AvgIpc) is 2.92. The standard InChI is InChI=1S/C15H19NO4S/c1-15(5-7-20-8-6-15)10-16-14(19)13-11(4-9-21-13)2-3-12(17)18/h2-4,9H,5-8,10H2,1H3,(H,16,19)(H,17,18)/b3-2+. The zero-order chi connectivity index (χ0) is 15.3. The van der Waals surface area contributed by atoms with Crippen LogP contribution in [0.3, 0.4) is 0 Å². The van der Waals surface area contributed by atoms with E-state index < -0.39 is 5.97 Å². The van der Waals surface area contributed by atoms with Crippen molar-refractivity contribution in [1.82, 2.24) is 5.32 Å². The first-order chi connectivity index (χ1) is 10.0. The lowest BCUT2D eigenvalue weighted by molar-refractivity contribution is -0.131. The van der Waals surface area contributed by atoms with Crippen molar-refractivity contribution < 1.29 is 19.4 Å². The van der Waals surface area contributed by atoms with Crippen LogP contribution in [0.25, 0.3) is 6.08 Å². The number of carboxylic acids is 1. The van der Waals surface area contributed by atoms with Crippen LogP contribution in [0.5, 0.6) is 0 Å². The van der Waals surface area contributed by atoms with Crippen molar-refractivity contribution in [3.05, 3.63) is 28.0 Å². The molecular weight excluding hydrogens is 290 g/mol.